The van der Waals surface area contributed by atoms with Crippen molar-refractivity contribution in [3.05, 3.63) is 89.2 Å². The lowest BCUT2D eigenvalue weighted by molar-refractivity contribution is 0.0950. The normalized spacial score (nSPS) is 11.1. The smallest absolute Gasteiger partial charge is 0.253 e. The lowest BCUT2D eigenvalue weighted by Gasteiger charge is -2.23. The third kappa shape index (κ3) is 4.97. The summed E-state index contributed by atoms with van der Waals surface area (Å²) in [4.78, 5) is 16.8. The molecule has 0 saturated carbocycles. The molecule has 0 fully saturated rings. The Kier molecular flexibility index (Phi) is 5.78. The molecule has 1 amide bonds. The molecular formula is C24H27N3O. The first-order valence-electron chi connectivity index (χ1n) is 9.48. The number of nitrogens with one attached hydrogen (secondary N) is 2. The maximum atomic E-state index is 12.5. The van der Waals surface area contributed by atoms with Crippen LogP contribution in [0.4, 0.5) is 11.4 Å². The Morgan fingerprint density at radius 3 is 2.43 bits per heavy atom. The van der Waals surface area contributed by atoms with Gasteiger partial charge in [-0.15, -0.1) is 0 Å². The zero-order valence-electron chi connectivity index (χ0n) is 16.9. The van der Waals surface area contributed by atoms with Gasteiger partial charge in [-0.2, -0.15) is 0 Å². The van der Waals surface area contributed by atoms with Crippen molar-refractivity contribution in [3.63, 3.8) is 0 Å². The minimum Gasteiger partial charge on any atom is -0.354 e. The van der Waals surface area contributed by atoms with Crippen LogP contribution >= 0.6 is 0 Å². The second-order valence-electron chi connectivity index (χ2n) is 8.05. The number of hydrogen-bond donors (Lipinski definition) is 2. The first-order valence-corrected chi connectivity index (χ1v) is 9.48. The van der Waals surface area contributed by atoms with Gasteiger partial charge in [0.2, 0.25) is 0 Å². The highest BCUT2D eigenvalue weighted by molar-refractivity contribution is 5.94. The number of carbonyl (C=O) groups is 1. The molecule has 3 rings (SSSR count). The Labute approximate surface area is 167 Å². The topological polar surface area (TPSA) is 54.0 Å². The Morgan fingerprint density at radius 1 is 1.00 bits per heavy atom. The summed E-state index contributed by atoms with van der Waals surface area (Å²) in [5.41, 5.74) is 5.84. The van der Waals surface area contributed by atoms with Crippen molar-refractivity contribution in [2.24, 2.45) is 0 Å². The number of carbonyl (C=O) groups excluding carboxylic acids is 1. The van der Waals surface area contributed by atoms with E-state index in [4.69, 9.17) is 0 Å². The van der Waals surface area contributed by atoms with Gasteiger partial charge in [0.1, 0.15) is 0 Å². The van der Waals surface area contributed by atoms with Gasteiger partial charge in [-0.05, 0) is 35.6 Å². The average Bonchev–Trinajstić information content (AvgIpc) is 2.67. The summed E-state index contributed by atoms with van der Waals surface area (Å²) in [6, 6.07) is 18.2. The summed E-state index contributed by atoms with van der Waals surface area (Å²) in [5.74, 6) is -0.138. The summed E-state index contributed by atoms with van der Waals surface area (Å²) < 4.78 is 0. The van der Waals surface area contributed by atoms with Gasteiger partial charge in [0.25, 0.3) is 5.91 Å². The van der Waals surface area contributed by atoms with E-state index < -0.39 is 0 Å². The number of benzene rings is 2. The average molecular weight is 374 g/mol. The molecule has 144 valence electrons. The molecule has 0 aliphatic carbocycles. The van der Waals surface area contributed by atoms with E-state index in [9.17, 15) is 4.79 Å². The third-order valence-electron chi connectivity index (χ3n) is 4.59. The van der Waals surface area contributed by atoms with Crippen LogP contribution in [0.25, 0.3) is 0 Å². The Bertz CT molecular complexity index is 956. The fraction of sp³-hybridized carbons (Fsp3) is 0.250. The van der Waals surface area contributed by atoms with Crippen LogP contribution in [0.5, 0.6) is 0 Å². The van der Waals surface area contributed by atoms with E-state index in [1.54, 1.807) is 12.4 Å². The molecule has 1 aromatic heterocycles. The Morgan fingerprint density at radius 2 is 1.71 bits per heavy atom. The molecule has 1 heterocycles. The highest BCUT2D eigenvalue weighted by Gasteiger charge is 2.17. The monoisotopic (exact) mass is 373 g/mol. The molecular weight excluding hydrogens is 346 g/mol. The van der Waals surface area contributed by atoms with Crippen molar-refractivity contribution in [2.45, 2.75) is 39.7 Å². The van der Waals surface area contributed by atoms with Gasteiger partial charge in [-0.25, -0.2) is 0 Å². The maximum absolute atomic E-state index is 12.5. The number of nitrogens with zero attached hydrogens (tertiary/aromatic N) is 1. The predicted molar refractivity (Wildman–Crippen MR) is 115 cm³/mol. The van der Waals surface area contributed by atoms with E-state index in [1.807, 2.05) is 55.5 Å². The standard InChI is InChI=1S/C24H27N3O/c1-17-9-11-18(12-10-17)14-26-23(28)19-13-20(16-25-15-19)27-22-8-6-5-7-21(22)24(2,3)4/h5-13,15-16,27H,14H2,1-4H3,(H,26,28). The Hall–Kier alpha value is -3.14. The lowest BCUT2D eigenvalue weighted by Crippen LogP contribution is -2.23. The predicted octanol–water partition coefficient (Wildman–Crippen LogP) is 5.36. The summed E-state index contributed by atoms with van der Waals surface area (Å²) in [5, 5.41) is 6.37. The van der Waals surface area contributed by atoms with Gasteiger partial charge in [0.05, 0.1) is 17.4 Å². The molecule has 4 heteroatoms. The molecule has 3 aromatic rings. The fourth-order valence-electron chi connectivity index (χ4n) is 3.02. The third-order valence-corrected chi connectivity index (χ3v) is 4.59. The zero-order valence-corrected chi connectivity index (χ0v) is 16.9. The maximum Gasteiger partial charge on any atom is 0.253 e. The lowest BCUT2D eigenvalue weighted by atomic mass is 9.86. The number of amides is 1. The number of rotatable bonds is 5. The van der Waals surface area contributed by atoms with Gasteiger partial charge < -0.3 is 10.6 Å². The Balaban J connectivity index is 1.72. The minimum absolute atomic E-state index is 0.0139. The van der Waals surface area contributed by atoms with E-state index in [-0.39, 0.29) is 11.3 Å². The molecule has 0 saturated heterocycles. The van der Waals surface area contributed by atoms with Crippen LogP contribution in [0.2, 0.25) is 0 Å². The van der Waals surface area contributed by atoms with Crippen LogP contribution in [0, 0.1) is 6.92 Å². The van der Waals surface area contributed by atoms with E-state index in [0.29, 0.717) is 12.1 Å². The van der Waals surface area contributed by atoms with Crippen molar-refractivity contribution >= 4 is 17.3 Å². The molecule has 0 unspecified atom stereocenters. The number of para-hydroxylation sites is 1. The molecule has 0 spiro atoms. The van der Waals surface area contributed by atoms with Crippen LogP contribution < -0.4 is 10.6 Å². The molecule has 0 aliphatic heterocycles. The molecule has 0 radical (unpaired) electrons. The summed E-state index contributed by atoms with van der Waals surface area (Å²) in [6.07, 6.45) is 3.32. The second-order valence-corrected chi connectivity index (χ2v) is 8.05. The SMILES string of the molecule is Cc1ccc(CNC(=O)c2cncc(Nc3ccccc3C(C)(C)C)c2)cc1. The number of aromatic nitrogens is 1. The van der Waals surface area contributed by atoms with Crippen molar-refractivity contribution in [3.8, 4) is 0 Å². The highest BCUT2D eigenvalue weighted by atomic mass is 16.1. The largest absolute Gasteiger partial charge is 0.354 e. The van der Waals surface area contributed by atoms with Crippen LogP contribution in [0.15, 0.2) is 67.0 Å². The molecule has 2 N–H and O–H groups in total. The molecule has 0 aliphatic rings. The molecule has 0 atom stereocenters. The first-order chi connectivity index (χ1) is 13.3. The minimum atomic E-state index is -0.138. The molecule has 0 bridgehead atoms. The van der Waals surface area contributed by atoms with Crippen molar-refractivity contribution in [2.75, 3.05) is 5.32 Å². The molecule has 28 heavy (non-hydrogen) atoms. The van der Waals surface area contributed by atoms with Crippen LogP contribution in [-0.2, 0) is 12.0 Å². The van der Waals surface area contributed by atoms with E-state index >= 15 is 0 Å². The van der Waals surface area contributed by atoms with Crippen molar-refractivity contribution in [1.82, 2.24) is 10.3 Å². The van der Waals surface area contributed by atoms with Crippen LogP contribution in [-0.4, -0.2) is 10.9 Å². The number of aryl methyl sites for hydroxylation is 1. The number of hydrogen-bond acceptors (Lipinski definition) is 3. The van der Waals surface area contributed by atoms with Crippen molar-refractivity contribution < 1.29 is 4.79 Å². The number of anilines is 2. The van der Waals surface area contributed by atoms with Gasteiger partial charge in [-0.3, -0.25) is 9.78 Å². The van der Waals surface area contributed by atoms with Gasteiger partial charge >= 0.3 is 0 Å². The van der Waals surface area contributed by atoms with Crippen LogP contribution in [0.3, 0.4) is 0 Å². The molecule has 4 nitrogen and oxygen atoms in total. The van der Waals surface area contributed by atoms with Gasteiger partial charge in [-0.1, -0.05) is 68.8 Å². The fourth-order valence-corrected chi connectivity index (χ4v) is 3.02. The highest BCUT2D eigenvalue weighted by Crippen LogP contribution is 2.31. The quantitative estimate of drug-likeness (QED) is 0.633. The summed E-state index contributed by atoms with van der Waals surface area (Å²) in [7, 11) is 0. The number of pyridine rings is 1. The van der Waals surface area contributed by atoms with E-state index in [0.717, 1.165) is 16.9 Å². The van der Waals surface area contributed by atoms with Gasteiger partial charge in [0.15, 0.2) is 0 Å². The molecule has 2 aromatic carbocycles. The van der Waals surface area contributed by atoms with Crippen LogP contribution in [0.1, 0.15) is 47.8 Å². The van der Waals surface area contributed by atoms with Crippen molar-refractivity contribution in [1.29, 1.82) is 0 Å². The van der Waals surface area contributed by atoms with E-state index in [1.165, 1.54) is 11.1 Å². The zero-order chi connectivity index (χ0) is 20.1. The summed E-state index contributed by atoms with van der Waals surface area (Å²) >= 11 is 0. The second kappa shape index (κ2) is 8.26. The van der Waals surface area contributed by atoms with E-state index in [2.05, 4.69) is 42.5 Å². The first kappa shape index (κ1) is 19.6. The summed E-state index contributed by atoms with van der Waals surface area (Å²) in [6.45, 7) is 9.08. The van der Waals surface area contributed by atoms with Gasteiger partial charge in [0, 0.05) is 18.4 Å².